The minimum absolute atomic E-state index is 0.527. The largest absolute Gasteiger partial charge is 0.375 e. The highest BCUT2D eigenvalue weighted by Crippen LogP contribution is 2.35. The van der Waals surface area contributed by atoms with Crippen LogP contribution >= 0.6 is 0 Å². The number of rotatable bonds is 3. The number of hydrogen-bond donors (Lipinski definition) is 0. The monoisotopic (exact) mass is 167 g/mol. The highest BCUT2D eigenvalue weighted by Gasteiger charge is 2.34. The van der Waals surface area contributed by atoms with Gasteiger partial charge in [-0.3, -0.25) is 4.90 Å². The molecule has 2 nitrogen and oxygen atoms in total. The smallest absolute Gasteiger partial charge is 0.0730 e. The minimum atomic E-state index is 0.527. The van der Waals surface area contributed by atoms with Gasteiger partial charge in [0.25, 0.3) is 0 Å². The molecule has 0 N–H and O–H groups in total. The quantitative estimate of drug-likeness (QED) is 0.587. The van der Waals surface area contributed by atoms with Crippen LogP contribution in [0.1, 0.15) is 12.8 Å². The molecule has 0 spiro atoms. The van der Waals surface area contributed by atoms with Crippen molar-refractivity contribution in [3.63, 3.8) is 0 Å². The normalized spacial score (nSPS) is 31.8. The van der Waals surface area contributed by atoms with Crippen LogP contribution in [0.5, 0.6) is 0 Å². The van der Waals surface area contributed by atoms with Crippen molar-refractivity contribution in [3.05, 3.63) is 12.7 Å². The van der Waals surface area contributed by atoms with E-state index >= 15 is 0 Å². The first-order valence-corrected chi connectivity index (χ1v) is 4.85. The van der Waals surface area contributed by atoms with Gasteiger partial charge in [-0.05, 0) is 18.8 Å². The Bertz CT molecular complexity index is 165. The summed E-state index contributed by atoms with van der Waals surface area (Å²) in [6.07, 6.45) is 5.27. The molecule has 68 valence electrons. The van der Waals surface area contributed by atoms with E-state index < -0.39 is 0 Å². The summed E-state index contributed by atoms with van der Waals surface area (Å²) >= 11 is 0. The zero-order valence-electron chi connectivity index (χ0n) is 7.54. The van der Waals surface area contributed by atoms with Gasteiger partial charge in [0.05, 0.1) is 12.7 Å². The van der Waals surface area contributed by atoms with E-state index in [1.807, 2.05) is 6.08 Å². The van der Waals surface area contributed by atoms with E-state index in [0.717, 1.165) is 32.2 Å². The molecule has 2 heteroatoms. The molecule has 1 saturated carbocycles. The summed E-state index contributed by atoms with van der Waals surface area (Å²) < 4.78 is 5.70. The maximum atomic E-state index is 5.70. The molecule has 12 heavy (non-hydrogen) atoms. The van der Waals surface area contributed by atoms with Crippen molar-refractivity contribution in [2.45, 2.75) is 18.9 Å². The number of nitrogens with zero attached hydrogens (tertiary/aromatic N) is 1. The summed E-state index contributed by atoms with van der Waals surface area (Å²) in [6, 6.07) is 0. The fraction of sp³-hybridized carbons (Fsp3) is 0.800. The molecule has 0 aromatic heterocycles. The molecule has 2 rings (SSSR count). The third-order valence-corrected chi connectivity index (χ3v) is 2.71. The number of hydrogen-bond acceptors (Lipinski definition) is 2. The van der Waals surface area contributed by atoms with Crippen LogP contribution < -0.4 is 0 Å². The van der Waals surface area contributed by atoms with Gasteiger partial charge in [-0.2, -0.15) is 0 Å². The molecule has 2 fully saturated rings. The lowest BCUT2D eigenvalue weighted by molar-refractivity contribution is -0.0354. The number of morpholine rings is 1. The molecule has 1 unspecified atom stereocenters. The Morgan fingerprint density at radius 1 is 1.50 bits per heavy atom. The molecular formula is C10H17NO. The second-order valence-corrected chi connectivity index (χ2v) is 3.79. The zero-order chi connectivity index (χ0) is 8.39. The van der Waals surface area contributed by atoms with Gasteiger partial charge in [-0.15, -0.1) is 6.58 Å². The highest BCUT2D eigenvalue weighted by molar-refractivity contribution is 4.87. The van der Waals surface area contributed by atoms with Crippen LogP contribution in [0.25, 0.3) is 0 Å². The Kier molecular flexibility index (Phi) is 2.47. The van der Waals surface area contributed by atoms with E-state index in [1.54, 1.807) is 0 Å². The van der Waals surface area contributed by atoms with Gasteiger partial charge < -0.3 is 4.74 Å². The Balaban J connectivity index is 1.80. The number of ether oxygens (including phenoxy) is 1. The molecule has 0 amide bonds. The maximum Gasteiger partial charge on any atom is 0.0730 e. The van der Waals surface area contributed by atoms with Crippen LogP contribution in [-0.2, 0) is 4.74 Å². The van der Waals surface area contributed by atoms with E-state index in [2.05, 4.69) is 11.5 Å². The lowest BCUT2D eigenvalue weighted by Crippen LogP contribution is -2.43. The summed E-state index contributed by atoms with van der Waals surface area (Å²) in [5.74, 6) is 0.873. The first-order chi connectivity index (χ1) is 5.90. The molecule has 1 aliphatic heterocycles. The van der Waals surface area contributed by atoms with Crippen molar-refractivity contribution < 1.29 is 4.74 Å². The second kappa shape index (κ2) is 3.58. The summed E-state index contributed by atoms with van der Waals surface area (Å²) in [5.41, 5.74) is 0. The standard InChI is InChI=1S/C10H17NO/c1-2-5-11-6-7-12-10(8-11)9-3-4-9/h2,9-10H,1,3-8H2. The molecule has 1 aliphatic carbocycles. The van der Waals surface area contributed by atoms with Gasteiger partial charge >= 0.3 is 0 Å². The first-order valence-electron chi connectivity index (χ1n) is 4.85. The Hall–Kier alpha value is -0.340. The van der Waals surface area contributed by atoms with Crippen LogP contribution in [0, 0.1) is 5.92 Å². The van der Waals surface area contributed by atoms with Crippen molar-refractivity contribution >= 4 is 0 Å². The van der Waals surface area contributed by atoms with E-state index in [9.17, 15) is 0 Å². The van der Waals surface area contributed by atoms with E-state index in [4.69, 9.17) is 4.74 Å². The van der Waals surface area contributed by atoms with Gasteiger partial charge in [0.2, 0.25) is 0 Å². The lowest BCUT2D eigenvalue weighted by atomic mass is 10.2. The third-order valence-electron chi connectivity index (χ3n) is 2.71. The fourth-order valence-corrected chi connectivity index (χ4v) is 1.83. The fourth-order valence-electron chi connectivity index (χ4n) is 1.83. The van der Waals surface area contributed by atoms with Crippen LogP contribution in [-0.4, -0.2) is 37.2 Å². The average Bonchev–Trinajstić information content (AvgIpc) is 2.88. The Labute approximate surface area is 74.2 Å². The summed E-state index contributed by atoms with van der Waals surface area (Å²) in [4.78, 5) is 2.43. The molecule has 0 radical (unpaired) electrons. The van der Waals surface area contributed by atoms with Gasteiger partial charge in [0.15, 0.2) is 0 Å². The van der Waals surface area contributed by atoms with Crippen LogP contribution in [0.4, 0.5) is 0 Å². The topological polar surface area (TPSA) is 12.5 Å². The van der Waals surface area contributed by atoms with Gasteiger partial charge in [-0.25, -0.2) is 0 Å². The molecule has 2 aliphatic rings. The third kappa shape index (κ3) is 1.87. The Morgan fingerprint density at radius 3 is 3.00 bits per heavy atom. The van der Waals surface area contributed by atoms with E-state index in [-0.39, 0.29) is 0 Å². The predicted molar refractivity (Wildman–Crippen MR) is 49.1 cm³/mol. The minimum Gasteiger partial charge on any atom is -0.375 e. The van der Waals surface area contributed by atoms with E-state index in [0.29, 0.717) is 6.10 Å². The maximum absolute atomic E-state index is 5.70. The summed E-state index contributed by atoms with van der Waals surface area (Å²) in [6.45, 7) is 7.89. The molecule has 1 atom stereocenters. The Morgan fingerprint density at radius 2 is 2.33 bits per heavy atom. The van der Waals surface area contributed by atoms with Crippen molar-refractivity contribution in [2.24, 2.45) is 5.92 Å². The van der Waals surface area contributed by atoms with Gasteiger partial charge in [-0.1, -0.05) is 6.08 Å². The SMILES string of the molecule is C=CCN1CCOC(C2CC2)C1. The lowest BCUT2D eigenvalue weighted by Gasteiger charge is -2.32. The average molecular weight is 167 g/mol. The van der Waals surface area contributed by atoms with Crippen molar-refractivity contribution in [1.82, 2.24) is 4.90 Å². The van der Waals surface area contributed by atoms with E-state index in [1.165, 1.54) is 12.8 Å². The van der Waals surface area contributed by atoms with Crippen molar-refractivity contribution in [1.29, 1.82) is 0 Å². The molecule has 1 heterocycles. The molecule has 1 saturated heterocycles. The summed E-state index contributed by atoms with van der Waals surface area (Å²) in [7, 11) is 0. The molecule has 0 aromatic carbocycles. The first kappa shape index (κ1) is 8.27. The summed E-state index contributed by atoms with van der Waals surface area (Å²) in [5, 5.41) is 0. The predicted octanol–water partition coefficient (Wildman–Crippen LogP) is 1.28. The van der Waals surface area contributed by atoms with Crippen LogP contribution in [0.15, 0.2) is 12.7 Å². The van der Waals surface area contributed by atoms with Gasteiger partial charge in [0, 0.05) is 19.6 Å². The van der Waals surface area contributed by atoms with Crippen LogP contribution in [0.2, 0.25) is 0 Å². The van der Waals surface area contributed by atoms with Crippen molar-refractivity contribution in [2.75, 3.05) is 26.2 Å². The van der Waals surface area contributed by atoms with Crippen LogP contribution in [0.3, 0.4) is 0 Å². The molecule has 0 aromatic rings. The highest BCUT2D eigenvalue weighted by atomic mass is 16.5. The van der Waals surface area contributed by atoms with Gasteiger partial charge in [0.1, 0.15) is 0 Å². The molecule has 0 bridgehead atoms. The second-order valence-electron chi connectivity index (χ2n) is 3.79. The molecular weight excluding hydrogens is 150 g/mol. The van der Waals surface area contributed by atoms with Crippen molar-refractivity contribution in [3.8, 4) is 0 Å². The zero-order valence-corrected chi connectivity index (χ0v) is 7.54.